The fourth-order valence-corrected chi connectivity index (χ4v) is 3.32. The average molecular weight is 392 g/mol. The molecule has 0 saturated carbocycles. The number of methoxy groups -OCH3 is 2. The van der Waals surface area contributed by atoms with Crippen molar-refractivity contribution in [2.75, 3.05) is 18.9 Å². The Kier molecular flexibility index (Phi) is 5.26. The molecule has 3 rings (SSSR count). The highest BCUT2D eigenvalue weighted by Gasteiger charge is 2.19. The van der Waals surface area contributed by atoms with Gasteiger partial charge < -0.3 is 9.47 Å². The highest BCUT2D eigenvalue weighted by atomic mass is 32.2. The first-order valence-corrected chi connectivity index (χ1v) is 9.28. The fourth-order valence-electron chi connectivity index (χ4n) is 2.36. The summed E-state index contributed by atoms with van der Waals surface area (Å²) in [6.45, 7) is 0.325. The zero-order chi connectivity index (χ0) is 19.4. The molecule has 0 aliphatic carbocycles. The Morgan fingerprint density at radius 3 is 2.44 bits per heavy atom. The van der Waals surface area contributed by atoms with Crippen molar-refractivity contribution in [1.82, 2.24) is 14.8 Å². The molecular formula is C17H17FN4O4S. The summed E-state index contributed by atoms with van der Waals surface area (Å²) in [5.41, 5.74) is 0.801. The van der Waals surface area contributed by atoms with Gasteiger partial charge in [-0.2, -0.15) is 4.98 Å². The van der Waals surface area contributed by atoms with E-state index in [9.17, 15) is 12.8 Å². The Morgan fingerprint density at radius 1 is 1.07 bits per heavy atom. The second kappa shape index (κ2) is 7.62. The maximum absolute atomic E-state index is 13.0. The summed E-state index contributed by atoms with van der Waals surface area (Å²) in [5.74, 6) is 0.293. The number of hydrogen-bond acceptors (Lipinski definition) is 6. The molecule has 0 unspecified atom stereocenters. The summed E-state index contributed by atoms with van der Waals surface area (Å²) in [4.78, 5) is 3.93. The van der Waals surface area contributed by atoms with Crippen molar-refractivity contribution in [3.05, 3.63) is 60.2 Å². The Labute approximate surface area is 155 Å². The highest BCUT2D eigenvalue weighted by Crippen LogP contribution is 2.29. The van der Waals surface area contributed by atoms with Crippen LogP contribution in [0.25, 0.3) is 0 Å². The van der Waals surface area contributed by atoms with Crippen LogP contribution in [0.1, 0.15) is 5.56 Å². The SMILES string of the molecule is COc1ccc(S(=O)(=O)Nc2ncn(Cc3ccc(F)cc3)n2)cc1OC. The zero-order valence-electron chi connectivity index (χ0n) is 14.6. The summed E-state index contributed by atoms with van der Waals surface area (Å²) in [5, 5.41) is 4.08. The minimum Gasteiger partial charge on any atom is -0.493 e. The van der Waals surface area contributed by atoms with Crippen LogP contribution >= 0.6 is 0 Å². The van der Waals surface area contributed by atoms with Crippen LogP contribution in [0.4, 0.5) is 10.3 Å². The van der Waals surface area contributed by atoms with Crippen LogP contribution in [0.5, 0.6) is 11.5 Å². The van der Waals surface area contributed by atoms with Gasteiger partial charge in [-0.25, -0.2) is 22.2 Å². The second-order valence-corrected chi connectivity index (χ2v) is 7.20. The molecule has 0 bridgehead atoms. The van der Waals surface area contributed by atoms with Crippen LogP contribution in [0.2, 0.25) is 0 Å². The van der Waals surface area contributed by atoms with Gasteiger partial charge in [0.05, 0.1) is 25.7 Å². The first kappa shape index (κ1) is 18.6. The van der Waals surface area contributed by atoms with Crippen LogP contribution in [-0.4, -0.2) is 37.4 Å². The van der Waals surface area contributed by atoms with Gasteiger partial charge in [0, 0.05) is 6.07 Å². The number of nitrogens with one attached hydrogen (secondary N) is 1. The number of nitrogens with zero attached hydrogens (tertiary/aromatic N) is 3. The fraction of sp³-hybridized carbons (Fsp3) is 0.176. The number of hydrogen-bond donors (Lipinski definition) is 1. The van der Waals surface area contributed by atoms with Crippen LogP contribution in [0.15, 0.2) is 53.7 Å². The van der Waals surface area contributed by atoms with Gasteiger partial charge in [0.25, 0.3) is 16.0 Å². The van der Waals surface area contributed by atoms with Gasteiger partial charge in [-0.1, -0.05) is 12.1 Å². The number of halogens is 1. The first-order chi connectivity index (χ1) is 12.9. The van der Waals surface area contributed by atoms with Crippen molar-refractivity contribution in [2.45, 2.75) is 11.4 Å². The Morgan fingerprint density at radius 2 is 1.78 bits per heavy atom. The molecule has 3 aromatic rings. The zero-order valence-corrected chi connectivity index (χ0v) is 15.4. The minimum atomic E-state index is -3.91. The predicted molar refractivity (Wildman–Crippen MR) is 95.9 cm³/mol. The molecule has 1 aromatic heterocycles. The summed E-state index contributed by atoms with van der Waals surface area (Å²) < 4.78 is 52.0. The molecule has 2 aromatic carbocycles. The van der Waals surface area contributed by atoms with E-state index in [0.29, 0.717) is 12.3 Å². The molecule has 8 nitrogen and oxygen atoms in total. The van der Waals surface area contributed by atoms with E-state index in [-0.39, 0.29) is 22.4 Å². The number of benzene rings is 2. The molecule has 0 radical (unpaired) electrons. The molecule has 27 heavy (non-hydrogen) atoms. The van der Waals surface area contributed by atoms with Crippen molar-refractivity contribution in [3.63, 3.8) is 0 Å². The summed E-state index contributed by atoms with van der Waals surface area (Å²) in [6.07, 6.45) is 1.38. The van der Waals surface area contributed by atoms with E-state index in [1.165, 1.54) is 55.6 Å². The minimum absolute atomic E-state index is 0.0185. The Balaban J connectivity index is 1.76. The van der Waals surface area contributed by atoms with E-state index in [0.717, 1.165) is 5.56 Å². The van der Waals surface area contributed by atoms with Gasteiger partial charge in [0.1, 0.15) is 12.1 Å². The average Bonchev–Trinajstić information content (AvgIpc) is 3.09. The lowest BCUT2D eigenvalue weighted by molar-refractivity contribution is 0.354. The quantitative estimate of drug-likeness (QED) is 0.663. The van der Waals surface area contributed by atoms with Gasteiger partial charge in [-0.3, -0.25) is 0 Å². The molecular weight excluding hydrogens is 375 g/mol. The number of anilines is 1. The molecule has 0 amide bonds. The Bertz CT molecular complexity index is 1040. The molecule has 0 atom stereocenters. The lowest BCUT2D eigenvalue weighted by Gasteiger charge is -2.10. The second-order valence-electron chi connectivity index (χ2n) is 5.51. The number of aromatic nitrogens is 3. The molecule has 1 heterocycles. The van der Waals surface area contributed by atoms with E-state index in [2.05, 4.69) is 14.8 Å². The lowest BCUT2D eigenvalue weighted by Crippen LogP contribution is -2.14. The maximum Gasteiger partial charge on any atom is 0.264 e. The molecule has 10 heteroatoms. The van der Waals surface area contributed by atoms with Crippen molar-refractivity contribution in [3.8, 4) is 11.5 Å². The van der Waals surface area contributed by atoms with Crippen molar-refractivity contribution in [2.24, 2.45) is 0 Å². The van der Waals surface area contributed by atoms with Crippen LogP contribution < -0.4 is 14.2 Å². The van der Waals surface area contributed by atoms with E-state index >= 15 is 0 Å². The predicted octanol–water partition coefficient (Wildman–Crippen LogP) is 2.28. The van der Waals surface area contributed by atoms with E-state index in [1.54, 1.807) is 12.1 Å². The highest BCUT2D eigenvalue weighted by molar-refractivity contribution is 7.92. The molecule has 0 spiro atoms. The number of sulfonamides is 1. The first-order valence-electron chi connectivity index (χ1n) is 7.80. The molecule has 0 aliphatic heterocycles. The van der Waals surface area contributed by atoms with E-state index in [1.807, 2.05) is 0 Å². The van der Waals surface area contributed by atoms with Crippen molar-refractivity contribution in [1.29, 1.82) is 0 Å². The molecule has 0 fully saturated rings. The normalized spacial score (nSPS) is 11.2. The standard InChI is InChI=1S/C17H17FN4O4S/c1-25-15-8-7-14(9-16(15)26-2)27(23,24)21-17-19-11-22(20-17)10-12-3-5-13(18)6-4-12/h3-9,11H,10H2,1-2H3,(H,20,21). The van der Waals surface area contributed by atoms with Crippen LogP contribution in [-0.2, 0) is 16.6 Å². The van der Waals surface area contributed by atoms with Crippen LogP contribution in [0.3, 0.4) is 0 Å². The topological polar surface area (TPSA) is 95.3 Å². The van der Waals surface area contributed by atoms with Gasteiger partial charge in [0.2, 0.25) is 0 Å². The largest absolute Gasteiger partial charge is 0.493 e. The summed E-state index contributed by atoms with van der Waals surface area (Å²) in [7, 11) is -1.03. The number of rotatable bonds is 7. The molecule has 0 saturated heterocycles. The monoisotopic (exact) mass is 392 g/mol. The summed E-state index contributed by atoms with van der Waals surface area (Å²) in [6, 6.07) is 10.1. The van der Waals surface area contributed by atoms with Crippen LogP contribution in [0, 0.1) is 5.82 Å². The maximum atomic E-state index is 13.0. The number of ether oxygens (including phenoxy) is 2. The van der Waals surface area contributed by atoms with Gasteiger partial charge in [0.15, 0.2) is 11.5 Å². The van der Waals surface area contributed by atoms with Crippen molar-refractivity contribution >= 4 is 16.0 Å². The Hall–Kier alpha value is -3.14. The molecule has 0 aliphatic rings. The van der Waals surface area contributed by atoms with Gasteiger partial charge in [-0.15, -0.1) is 5.10 Å². The third kappa shape index (κ3) is 4.34. The summed E-state index contributed by atoms with van der Waals surface area (Å²) >= 11 is 0. The van der Waals surface area contributed by atoms with Gasteiger partial charge >= 0.3 is 0 Å². The smallest absolute Gasteiger partial charge is 0.264 e. The molecule has 1 N–H and O–H groups in total. The third-order valence-corrected chi connectivity index (χ3v) is 5.01. The van der Waals surface area contributed by atoms with Gasteiger partial charge in [-0.05, 0) is 29.8 Å². The van der Waals surface area contributed by atoms with E-state index < -0.39 is 10.0 Å². The molecule has 142 valence electrons. The third-order valence-electron chi connectivity index (χ3n) is 3.69. The van der Waals surface area contributed by atoms with Crippen molar-refractivity contribution < 1.29 is 22.3 Å². The lowest BCUT2D eigenvalue weighted by atomic mass is 10.2. The van der Waals surface area contributed by atoms with E-state index in [4.69, 9.17) is 9.47 Å².